The first-order valence-electron chi connectivity index (χ1n) is 5.88. The van der Waals surface area contributed by atoms with Gasteiger partial charge in [-0.2, -0.15) is 4.55 Å². The van der Waals surface area contributed by atoms with E-state index in [1.54, 1.807) is 0 Å². The van der Waals surface area contributed by atoms with Gasteiger partial charge in [0.25, 0.3) is 0 Å². The highest BCUT2D eigenvalue weighted by molar-refractivity contribution is 7.98. The first-order valence-corrected chi connectivity index (χ1v) is 8.14. The third-order valence-corrected chi connectivity index (χ3v) is 5.60. The van der Waals surface area contributed by atoms with Gasteiger partial charge in [-0.1, -0.05) is 34.5 Å². The maximum absolute atomic E-state index is 11.8. The Hall–Kier alpha value is -0.980. The summed E-state index contributed by atoms with van der Waals surface area (Å²) in [5.41, 5.74) is 1.17. The molecule has 2 aliphatic rings. The van der Waals surface area contributed by atoms with E-state index in [1.165, 1.54) is 5.56 Å². The van der Waals surface area contributed by atoms with Crippen LogP contribution in [0.2, 0.25) is 0 Å². The molecule has 1 unspecified atom stereocenters. The number of benzene rings is 1. The van der Waals surface area contributed by atoms with Gasteiger partial charge in [0.2, 0.25) is 10.2 Å². The molecule has 0 bridgehead atoms. The second-order valence-corrected chi connectivity index (χ2v) is 7.44. The minimum absolute atomic E-state index is 0.0266. The Kier molecular flexibility index (Phi) is 2.88. The van der Waals surface area contributed by atoms with E-state index in [-0.39, 0.29) is 12.1 Å². The summed E-state index contributed by atoms with van der Waals surface area (Å²) in [5, 5.41) is 3.86. The third-order valence-electron chi connectivity index (χ3n) is 3.50. The van der Waals surface area contributed by atoms with Crippen LogP contribution < -0.4 is 5.32 Å². The molecular formula is C12H15N2O2S2+. The molecular weight excluding hydrogens is 268 g/mol. The molecule has 0 aromatic heterocycles. The largest absolute Gasteiger partial charge is 0.353 e. The third kappa shape index (κ3) is 2.15. The van der Waals surface area contributed by atoms with Crippen LogP contribution in [-0.4, -0.2) is 38.2 Å². The lowest BCUT2D eigenvalue weighted by molar-refractivity contribution is 0.348. The molecule has 3 atom stereocenters. The number of rotatable bonds is 2. The molecule has 0 spiro atoms. The van der Waals surface area contributed by atoms with Crippen molar-refractivity contribution in [2.24, 2.45) is 0 Å². The fourth-order valence-electron chi connectivity index (χ4n) is 2.65. The molecule has 3 rings (SSSR count). The smallest absolute Gasteiger partial charge is 0.218 e. The van der Waals surface area contributed by atoms with Crippen molar-refractivity contribution < 1.29 is 8.76 Å². The molecule has 1 aromatic carbocycles. The van der Waals surface area contributed by atoms with Crippen molar-refractivity contribution in [2.45, 2.75) is 18.6 Å². The average molecular weight is 283 g/mol. The zero-order chi connectivity index (χ0) is 12.8. The van der Waals surface area contributed by atoms with Gasteiger partial charge in [0, 0.05) is 6.54 Å². The molecule has 96 valence electrons. The molecule has 2 saturated heterocycles. The minimum Gasteiger partial charge on any atom is -0.353 e. The van der Waals surface area contributed by atoms with Crippen molar-refractivity contribution in [1.29, 1.82) is 0 Å². The number of thiocarbonyl (C=S) groups is 1. The molecule has 0 saturated carbocycles. The number of nitrogens with zero attached hydrogens (tertiary/aromatic N) is 1. The highest BCUT2D eigenvalue weighted by atomic mass is 32.3. The molecule has 2 N–H and O–H groups in total. The maximum Gasteiger partial charge on any atom is 0.218 e. The number of hydrogen-bond donors (Lipinski definition) is 2. The molecule has 18 heavy (non-hydrogen) atoms. The lowest BCUT2D eigenvalue weighted by atomic mass is 10.1. The SMILES string of the molecule is O=[S+]1(O)C[C@H]2NC(=S)N(Cc3ccccc3)[C@H]2C1. The van der Waals surface area contributed by atoms with Gasteiger partial charge in [-0.3, -0.25) is 0 Å². The lowest BCUT2D eigenvalue weighted by Crippen LogP contribution is -2.36. The summed E-state index contributed by atoms with van der Waals surface area (Å²) in [6, 6.07) is 10.1. The Morgan fingerprint density at radius 2 is 2.11 bits per heavy atom. The topological polar surface area (TPSA) is 52.6 Å². The predicted octanol–water partition coefficient (Wildman–Crippen LogP) is 1.10. The summed E-state index contributed by atoms with van der Waals surface area (Å²) >= 11 is 5.31. The molecule has 4 nitrogen and oxygen atoms in total. The molecule has 1 aromatic rings. The minimum atomic E-state index is -2.67. The van der Waals surface area contributed by atoms with Gasteiger partial charge >= 0.3 is 0 Å². The highest BCUT2D eigenvalue weighted by Gasteiger charge is 2.53. The summed E-state index contributed by atoms with van der Waals surface area (Å²) < 4.78 is 21.4. The van der Waals surface area contributed by atoms with Crippen molar-refractivity contribution >= 4 is 27.5 Å². The van der Waals surface area contributed by atoms with E-state index in [4.69, 9.17) is 12.2 Å². The van der Waals surface area contributed by atoms with Crippen LogP contribution in [0.5, 0.6) is 0 Å². The predicted molar refractivity (Wildman–Crippen MR) is 75.7 cm³/mol. The summed E-state index contributed by atoms with van der Waals surface area (Å²) in [4.78, 5) is 2.04. The maximum atomic E-state index is 11.8. The van der Waals surface area contributed by atoms with E-state index in [9.17, 15) is 8.76 Å². The van der Waals surface area contributed by atoms with Crippen molar-refractivity contribution in [2.75, 3.05) is 11.5 Å². The van der Waals surface area contributed by atoms with Crippen molar-refractivity contribution in [3.05, 3.63) is 35.9 Å². The Morgan fingerprint density at radius 3 is 2.83 bits per heavy atom. The van der Waals surface area contributed by atoms with Gasteiger partial charge in [0.15, 0.2) is 16.6 Å². The van der Waals surface area contributed by atoms with Crippen LogP contribution in [0.25, 0.3) is 0 Å². The fraction of sp³-hybridized carbons (Fsp3) is 0.417. The van der Waals surface area contributed by atoms with E-state index >= 15 is 0 Å². The Labute approximate surface area is 113 Å². The van der Waals surface area contributed by atoms with E-state index in [1.807, 2.05) is 35.2 Å². The number of hydrogen-bond acceptors (Lipinski definition) is 2. The van der Waals surface area contributed by atoms with Crippen molar-refractivity contribution in [1.82, 2.24) is 10.2 Å². The number of fused-ring (bicyclic) bond motifs is 1. The van der Waals surface area contributed by atoms with E-state index in [2.05, 4.69) is 5.32 Å². The molecule has 0 aliphatic carbocycles. The van der Waals surface area contributed by atoms with Crippen molar-refractivity contribution in [3.8, 4) is 0 Å². The monoisotopic (exact) mass is 283 g/mol. The van der Waals surface area contributed by atoms with Crippen LogP contribution >= 0.6 is 12.2 Å². The van der Waals surface area contributed by atoms with Gasteiger partial charge in [0.1, 0.15) is 12.1 Å². The number of nitrogens with one attached hydrogen (secondary N) is 1. The van der Waals surface area contributed by atoms with Crippen LogP contribution in [0.4, 0.5) is 0 Å². The van der Waals surface area contributed by atoms with E-state index in [0.717, 1.165) is 0 Å². The zero-order valence-corrected chi connectivity index (χ0v) is 11.4. The summed E-state index contributed by atoms with van der Waals surface area (Å²) in [6.45, 7) is 0.698. The molecule has 0 amide bonds. The van der Waals surface area contributed by atoms with Gasteiger partial charge in [-0.15, -0.1) is 0 Å². The van der Waals surface area contributed by atoms with Crippen LogP contribution in [-0.2, 0) is 21.0 Å². The van der Waals surface area contributed by atoms with E-state index in [0.29, 0.717) is 23.2 Å². The zero-order valence-electron chi connectivity index (χ0n) is 9.78. The molecule has 0 radical (unpaired) electrons. The molecule has 2 heterocycles. The Morgan fingerprint density at radius 1 is 1.39 bits per heavy atom. The van der Waals surface area contributed by atoms with Crippen molar-refractivity contribution in [3.63, 3.8) is 0 Å². The van der Waals surface area contributed by atoms with Crippen LogP contribution in [0.15, 0.2) is 30.3 Å². The molecule has 6 heteroatoms. The van der Waals surface area contributed by atoms with Crippen LogP contribution in [0.3, 0.4) is 0 Å². The standard InChI is InChI=1S/C12H14N2O2S2/c15-18(16)7-10-11(8-18)14(12(17)13-10)6-9-4-2-1-3-5-9/h1-5,10-11H,6-8H2,(H-,13,15,16,17)/p+1/t10-,11+/m1/s1. The second kappa shape index (κ2) is 4.29. The summed E-state index contributed by atoms with van der Waals surface area (Å²) in [7, 11) is -2.67. The first kappa shape index (κ1) is 12.1. The Balaban J connectivity index is 1.80. The Bertz CT molecular complexity index is 520. The van der Waals surface area contributed by atoms with Crippen LogP contribution in [0, 0.1) is 0 Å². The highest BCUT2D eigenvalue weighted by Crippen LogP contribution is 2.28. The lowest BCUT2D eigenvalue weighted by Gasteiger charge is -2.22. The summed E-state index contributed by atoms with van der Waals surface area (Å²) in [6.07, 6.45) is 0. The van der Waals surface area contributed by atoms with Gasteiger partial charge in [-0.25, -0.2) is 0 Å². The first-order chi connectivity index (χ1) is 8.55. The molecule has 2 aliphatic heterocycles. The van der Waals surface area contributed by atoms with E-state index < -0.39 is 10.2 Å². The second-order valence-electron chi connectivity index (χ2n) is 4.84. The fourth-order valence-corrected chi connectivity index (χ4v) is 4.95. The normalized spacial score (nSPS) is 34.5. The summed E-state index contributed by atoms with van der Waals surface area (Å²) in [5.74, 6) is 0.626. The van der Waals surface area contributed by atoms with Gasteiger partial charge in [-0.05, 0) is 17.8 Å². The van der Waals surface area contributed by atoms with Crippen LogP contribution in [0.1, 0.15) is 5.56 Å². The molecule has 2 fully saturated rings. The van der Waals surface area contributed by atoms with Gasteiger partial charge in [0.05, 0.1) is 0 Å². The quantitative estimate of drug-likeness (QED) is 0.629. The average Bonchev–Trinajstić information content (AvgIpc) is 2.74. The van der Waals surface area contributed by atoms with Gasteiger partial charge < -0.3 is 10.2 Å².